The molecule has 2 nitrogen and oxygen atoms in total. The van der Waals surface area contributed by atoms with Crippen LogP contribution >= 0.6 is 0 Å². The van der Waals surface area contributed by atoms with Crippen LogP contribution in [0.25, 0.3) is 0 Å². The van der Waals surface area contributed by atoms with E-state index >= 15 is 0 Å². The van der Waals surface area contributed by atoms with Crippen molar-refractivity contribution < 1.29 is 35.9 Å². The van der Waals surface area contributed by atoms with E-state index in [1.807, 2.05) is 0 Å². The predicted molar refractivity (Wildman–Crippen MR) is 37.1 cm³/mol. The number of carbonyl (C=O) groups excluding carboxylic acids is 1. The highest BCUT2D eigenvalue weighted by atomic mass is 19.4. The molecule has 0 aromatic rings. The number of ether oxygens (including phenoxy) is 1. The smallest absolute Gasteiger partial charge is 0.349 e. The average molecular weight is 238 g/mol. The van der Waals surface area contributed by atoms with Gasteiger partial charge in [0.05, 0.1) is 6.10 Å². The lowest BCUT2D eigenvalue weighted by atomic mass is 10.0. The molecule has 0 heterocycles. The third kappa shape index (κ3) is 2.61. The molecular formula is C7H8F6O2. The first-order chi connectivity index (χ1) is 6.48. The Balaban J connectivity index is 5.43. The lowest BCUT2D eigenvalue weighted by Crippen LogP contribution is -2.61. The fourth-order valence-electron chi connectivity index (χ4n) is 0.828. The standard InChI is InChI=1S/C7H8F6O2/c1-4(2)15-5(3-14,6(8,9)10)7(11,12)13/h3-4H,1-2H3. The van der Waals surface area contributed by atoms with Gasteiger partial charge in [0.15, 0.2) is 6.29 Å². The van der Waals surface area contributed by atoms with E-state index in [2.05, 4.69) is 4.74 Å². The number of aldehydes is 1. The summed E-state index contributed by atoms with van der Waals surface area (Å²) < 4.78 is 76.6. The van der Waals surface area contributed by atoms with Crippen molar-refractivity contribution in [3.63, 3.8) is 0 Å². The van der Waals surface area contributed by atoms with Gasteiger partial charge in [0.25, 0.3) is 0 Å². The first-order valence-electron chi connectivity index (χ1n) is 3.75. The van der Waals surface area contributed by atoms with E-state index in [1.54, 1.807) is 0 Å². The zero-order valence-corrected chi connectivity index (χ0v) is 7.74. The zero-order chi connectivity index (χ0) is 12.5. The molecule has 0 N–H and O–H groups in total. The maximum Gasteiger partial charge on any atom is 0.433 e. The minimum atomic E-state index is -5.84. The molecule has 0 saturated heterocycles. The first-order valence-corrected chi connectivity index (χ1v) is 3.75. The minimum absolute atomic E-state index is 0.968. The SMILES string of the molecule is CC(C)OC(C=O)(C(F)(F)F)C(F)(F)F. The van der Waals surface area contributed by atoms with Crippen LogP contribution in [0, 0.1) is 0 Å². The molecule has 15 heavy (non-hydrogen) atoms. The Hall–Kier alpha value is -0.790. The van der Waals surface area contributed by atoms with Crippen molar-refractivity contribution in [2.24, 2.45) is 0 Å². The Bertz CT molecular complexity index is 215. The maximum absolute atomic E-state index is 12.2. The van der Waals surface area contributed by atoms with Gasteiger partial charge in [0, 0.05) is 0 Å². The fourth-order valence-corrected chi connectivity index (χ4v) is 0.828. The number of hydrogen-bond acceptors (Lipinski definition) is 2. The molecule has 0 bridgehead atoms. The number of carbonyl (C=O) groups is 1. The van der Waals surface area contributed by atoms with Gasteiger partial charge in [-0.3, -0.25) is 4.79 Å². The molecule has 0 unspecified atom stereocenters. The average Bonchev–Trinajstić information content (AvgIpc) is 1.94. The summed E-state index contributed by atoms with van der Waals surface area (Å²) in [6, 6.07) is 0. The summed E-state index contributed by atoms with van der Waals surface area (Å²) in [5.41, 5.74) is -4.74. The van der Waals surface area contributed by atoms with Gasteiger partial charge >= 0.3 is 18.0 Å². The number of hydrogen-bond donors (Lipinski definition) is 0. The Morgan fingerprint density at radius 2 is 1.33 bits per heavy atom. The second-order valence-corrected chi connectivity index (χ2v) is 3.02. The van der Waals surface area contributed by atoms with Crippen LogP contribution in [0.5, 0.6) is 0 Å². The topological polar surface area (TPSA) is 26.3 Å². The summed E-state index contributed by atoms with van der Waals surface area (Å²) in [6.07, 6.45) is -14.3. The lowest BCUT2D eigenvalue weighted by Gasteiger charge is -2.33. The van der Waals surface area contributed by atoms with Crippen LogP contribution < -0.4 is 0 Å². The second-order valence-electron chi connectivity index (χ2n) is 3.02. The zero-order valence-electron chi connectivity index (χ0n) is 7.74. The van der Waals surface area contributed by atoms with Crippen LogP contribution in [0.2, 0.25) is 0 Å². The molecule has 0 saturated carbocycles. The molecular weight excluding hydrogens is 230 g/mol. The highest BCUT2D eigenvalue weighted by Crippen LogP contribution is 2.45. The highest BCUT2D eigenvalue weighted by molar-refractivity contribution is 5.66. The first kappa shape index (κ1) is 14.2. The van der Waals surface area contributed by atoms with Crippen molar-refractivity contribution >= 4 is 6.29 Å². The van der Waals surface area contributed by atoms with Crippen LogP contribution in [-0.4, -0.2) is 30.3 Å². The van der Waals surface area contributed by atoms with Crippen LogP contribution in [0.15, 0.2) is 0 Å². The molecule has 0 amide bonds. The maximum atomic E-state index is 12.2. The molecule has 8 heteroatoms. The highest BCUT2D eigenvalue weighted by Gasteiger charge is 2.73. The van der Waals surface area contributed by atoms with Gasteiger partial charge in [-0.2, -0.15) is 26.3 Å². The molecule has 0 aliphatic heterocycles. The third-order valence-electron chi connectivity index (χ3n) is 1.43. The lowest BCUT2D eigenvalue weighted by molar-refractivity contribution is -0.364. The van der Waals surface area contributed by atoms with Gasteiger partial charge in [0.1, 0.15) is 0 Å². The summed E-state index contributed by atoms with van der Waals surface area (Å²) in [7, 11) is 0. The Morgan fingerprint density at radius 1 is 1.00 bits per heavy atom. The van der Waals surface area contributed by atoms with E-state index < -0.39 is 30.3 Å². The summed E-state index contributed by atoms with van der Waals surface area (Å²) in [4.78, 5) is 10.1. The molecule has 0 fully saturated rings. The minimum Gasteiger partial charge on any atom is -0.349 e. The van der Waals surface area contributed by atoms with Crippen LogP contribution in [-0.2, 0) is 9.53 Å². The Kier molecular flexibility index (Phi) is 3.78. The molecule has 0 rings (SSSR count). The van der Waals surface area contributed by atoms with Crippen molar-refractivity contribution in [1.29, 1.82) is 0 Å². The van der Waals surface area contributed by atoms with E-state index in [9.17, 15) is 31.1 Å². The van der Waals surface area contributed by atoms with Gasteiger partial charge in [0.2, 0.25) is 0 Å². The third-order valence-corrected chi connectivity index (χ3v) is 1.43. The molecule has 0 spiro atoms. The van der Waals surface area contributed by atoms with E-state index in [0.717, 1.165) is 13.8 Å². The summed E-state index contributed by atoms with van der Waals surface area (Å²) in [6.45, 7) is 1.94. The largest absolute Gasteiger partial charge is 0.433 e. The molecule has 0 aliphatic rings. The van der Waals surface area contributed by atoms with E-state index in [1.165, 1.54) is 0 Å². The van der Waals surface area contributed by atoms with Crippen LogP contribution in [0.1, 0.15) is 13.8 Å². The van der Waals surface area contributed by atoms with Crippen molar-refractivity contribution in [2.45, 2.75) is 37.9 Å². The van der Waals surface area contributed by atoms with Gasteiger partial charge in [-0.15, -0.1) is 0 Å². The van der Waals surface area contributed by atoms with Gasteiger partial charge in [-0.05, 0) is 13.8 Å². The summed E-state index contributed by atoms with van der Waals surface area (Å²) >= 11 is 0. The van der Waals surface area contributed by atoms with E-state index in [-0.39, 0.29) is 0 Å². The molecule has 0 radical (unpaired) electrons. The van der Waals surface area contributed by atoms with E-state index in [4.69, 9.17) is 0 Å². The van der Waals surface area contributed by atoms with Gasteiger partial charge in [-0.25, -0.2) is 0 Å². The van der Waals surface area contributed by atoms with Crippen molar-refractivity contribution in [2.75, 3.05) is 0 Å². The monoisotopic (exact) mass is 238 g/mol. The predicted octanol–water partition coefficient (Wildman–Crippen LogP) is 2.47. The van der Waals surface area contributed by atoms with Crippen molar-refractivity contribution in [1.82, 2.24) is 0 Å². The van der Waals surface area contributed by atoms with Gasteiger partial charge < -0.3 is 4.74 Å². The Labute approximate surface area is 81.2 Å². The number of halogens is 6. The summed E-state index contributed by atoms with van der Waals surface area (Å²) in [5, 5.41) is 0. The second kappa shape index (κ2) is 3.99. The molecule has 0 aromatic carbocycles. The number of alkyl halides is 6. The van der Waals surface area contributed by atoms with Gasteiger partial charge in [-0.1, -0.05) is 0 Å². The molecule has 0 atom stereocenters. The fraction of sp³-hybridized carbons (Fsp3) is 0.857. The molecule has 90 valence electrons. The Morgan fingerprint density at radius 3 is 1.40 bits per heavy atom. The van der Waals surface area contributed by atoms with Crippen molar-refractivity contribution in [3.8, 4) is 0 Å². The molecule has 0 aliphatic carbocycles. The van der Waals surface area contributed by atoms with Crippen LogP contribution in [0.4, 0.5) is 26.3 Å². The van der Waals surface area contributed by atoms with E-state index in [0.29, 0.717) is 0 Å². The van der Waals surface area contributed by atoms with Crippen molar-refractivity contribution in [3.05, 3.63) is 0 Å². The number of rotatable bonds is 3. The van der Waals surface area contributed by atoms with Crippen LogP contribution in [0.3, 0.4) is 0 Å². The quantitative estimate of drug-likeness (QED) is 0.557. The normalized spacial score (nSPS) is 14.5. The summed E-state index contributed by atoms with van der Waals surface area (Å²) in [5.74, 6) is 0. The molecule has 0 aromatic heterocycles.